The summed E-state index contributed by atoms with van der Waals surface area (Å²) in [7, 11) is 0. The monoisotopic (exact) mass is 298 g/mol. The maximum absolute atomic E-state index is 10.9. The standard InChI is InChI=1S/C17H18N2O3/c20-19(21)16-8-9-17(14(10-16)11-18-15-6-7-15)22-12-13-4-2-1-3-5-13/h1-5,8-10,15,18H,6-7,11-12H2. The lowest BCUT2D eigenvalue weighted by Gasteiger charge is -2.12. The first-order chi connectivity index (χ1) is 10.7. The van der Waals surface area contributed by atoms with E-state index in [1.165, 1.54) is 18.9 Å². The molecule has 3 rings (SSSR count). The Hall–Kier alpha value is -2.40. The molecule has 2 aromatic rings. The first-order valence-electron chi connectivity index (χ1n) is 7.40. The molecule has 0 amide bonds. The highest BCUT2D eigenvalue weighted by Gasteiger charge is 2.21. The van der Waals surface area contributed by atoms with Gasteiger partial charge in [-0.3, -0.25) is 10.1 Å². The number of rotatable bonds is 7. The van der Waals surface area contributed by atoms with Gasteiger partial charge in [0.25, 0.3) is 5.69 Å². The molecule has 0 aliphatic heterocycles. The predicted molar refractivity (Wildman–Crippen MR) is 83.7 cm³/mol. The normalized spacial score (nSPS) is 13.8. The zero-order valence-electron chi connectivity index (χ0n) is 12.2. The Morgan fingerprint density at radius 1 is 1.18 bits per heavy atom. The lowest BCUT2D eigenvalue weighted by molar-refractivity contribution is -0.384. The summed E-state index contributed by atoms with van der Waals surface area (Å²) in [6.45, 7) is 1.05. The van der Waals surface area contributed by atoms with Crippen LogP contribution in [0.4, 0.5) is 5.69 Å². The highest BCUT2D eigenvalue weighted by atomic mass is 16.6. The van der Waals surface area contributed by atoms with Gasteiger partial charge in [-0.25, -0.2) is 0 Å². The number of non-ortho nitro benzene ring substituents is 1. The van der Waals surface area contributed by atoms with E-state index >= 15 is 0 Å². The van der Waals surface area contributed by atoms with E-state index in [1.807, 2.05) is 30.3 Å². The molecule has 1 N–H and O–H groups in total. The van der Waals surface area contributed by atoms with Gasteiger partial charge in [-0.1, -0.05) is 30.3 Å². The third kappa shape index (κ3) is 3.83. The summed E-state index contributed by atoms with van der Waals surface area (Å²) >= 11 is 0. The zero-order chi connectivity index (χ0) is 15.4. The van der Waals surface area contributed by atoms with Gasteiger partial charge < -0.3 is 10.1 Å². The summed E-state index contributed by atoms with van der Waals surface area (Å²) in [6.07, 6.45) is 2.35. The molecule has 0 saturated heterocycles. The van der Waals surface area contributed by atoms with Crippen LogP contribution < -0.4 is 10.1 Å². The van der Waals surface area contributed by atoms with Crippen LogP contribution in [0.3, 0.4) is 0 Å². The minimum absolute atomic E-state index is 0.0969. The summed E-state index contributed by atoms with van der Waals surface area (Å²) < 4.78 is 5.85. The second-order valence-electron chi connectivity index (χ2n) is 5.48. The Bertz CT molecular complexity index is 654. The second-order valence-corrected chi connectivity index (χ2v) is 5.48. The van der Waals surface area contributed by atoms with E-state index in [0.717, 1.165) is 11.1 Å². The van der Waals surface area contributed by atoms with Crippen molar-refractivity contribution in [2.75, 3.05) is 0 Å². The Morgan fingerprint density at radius 3 is 2.64 bits per heavy atom. The lowest BCUT2D eigenvalue weighted by atomic mass is 10.1. The van der Waals surface area contributed by atoms with Crippen molar-refractivity contribution in [1.82, 2.24) is 5.32 Å². The molecular formula is C17H18N2O3. The van der Waals surface area contributed by atoms with Crippen LogP contribution in [0.25, 0.3) is 0 Å². The molecule has 0 bridgehead atoms. The lowest BCUT2D eigenvalue weighted by Crippen LogP contribution is -2.16. The molecule has 2 aromatic carbocycles. The van der Waals surface area contributed by atoms with E-state index in [2.05, 4.69) is 5.32 Å². The van der Waals surface area contributed by atoms with Gasteiger partial charge in [0.1, 0.15) is 12.4 Å². The molecule has 114 valence electrons. The molecule has 1 aliphatic rings. The number of nitro groups is 1. The largest absolute Gasteiger partial charge is 0.489 e. The number of hydrogen-bond acceptors (Lipinski definition) is 4. The predicted octanol–water partition coefficient (Wildman–Crippen LogP) is 3.43. The molecule has 0 aromatic heterocycles. The van der Waals surface area contributed by atoms with Crippen molar-refractivity contribution in [3.8, 4) is 5.75 Å². The fourth-order valence-electron chi connectivity index (χ4n) is 2.24. The van der Waals surface area contributed by atoms with Crippen LogP contribution in [0.5, 0.6) is 5.75 Å². The number of nitrogens with zero attached hydrogens (tertiary/aromatic N) is 1. The van der Waals surface area contributed by atoms with Crippen molar-refractivity contribution in [3.05, 3.63) is 69.8 Å². The van der Waals surface area contributed by atoms with Gasteiger partial charge in [0.05, 0.1) is 4.92 Å². The molecule has 1 aliphatic carbocycles. The van der Waals surface area contributed by atoms with Gasteiger partial charge in [0.15, 0.2) is 0 Å². The average molecular weight is 298 g/mol. The van der Waals surface area contributed by atoms with Crippen molar-refractivity contribution in [3.63, 3.8) is 0 Å². The number of benzene rings is 2. The van der Waals surface area contributed by atoms with E-state index in [0.29, 0.717) is 24.9 Å². The van der Waals surface area contributed by atoms with Crippen molar-refractivity contribution < 1.29 is 9.66 Å². The summed E-state index contributed by atoms with van der Waals surface area (Å²) in [5.41, 5.74) is 2.00. The van der Waals surface area contributed by atoms with Crippen molar-refractivity contribution >= 4 is 5.69 Å². The van der Waals surface area contributed by atoms with E-state index in [4.69, 9.17) is 4.74 Å². The van der Waals surface area contributed by atoms with E-state index in [1.54, 1.807) is 12.1 Å². The Kier molecular flexibility index (Phi) is 4.34. The number of ether oxygens (including phenoxy) is 1. The smallest absolute Gasteiger partial charge is 0.270 e. The van der Waals surface area contributed by atoms with E-state index in [-0.39, 0.29) is 10.6 Å². The molecule has 0 heterocycles. The van der Waals surface area contributed by atoms with Crippen LogP contribution in [0, 0.1) is 10.1 Å². The van der Waals surface area contributed by atoms with Gasteiger partial charge in [0.2, 0.25) is 0 Å². The van der Waals surface area contributed by atoms with Gasteiger partial charge in [-0.05, 0) is 24.5 Å². The molecule has 22 heavy (non-hydrogen) atoms. The highest BCUT2D eigenvalue weighted by molar-refractivity contribution is 5.44. The van der Waals surface area contributed by atoms with Gasteiger partial charge in [0, 0.05) is 30.3 Å². The first kappa shape index (κ1) is 14.5. The Labute approximate surface area is 129 Å². The molecule has 5 heteroatoms. The topological polar surface area (TPSA) is 64.4 Å². The Morgan fingerprint density at radius 2 is 1.95 bits per heavy atom. The summed E-state index contributed by atoms with van der Waals surface area (Å²) in [5.74, 6) is 0.697. The summed E-state index contributed by atoms with van der Waals surface area (Å²) in [4.78, 5) is 10.6. The average Bonchev–Trinajstić information content (AvgIpc) is 3.36. The van der Waals surface area contributed by atoms with Crippen molar-refractivity contribution in [2.24, 2.45) is 0 Å². The fraction of sp³-hybridized carbons (Fsp3) is 0.294. The molecule has 1 saturated carbocycles. The van der Waals surface area contributed by atoms with Crippen LogP contribution in [0.2, 0.25) is 0 Å². The second kappa shape index (κ2) is 6.58. The minimum Gasteiger partial charge on any atom is -0.489 e. The van der Waals surface area contributed by atoms with Gasteiger partial charge in [-0.15, -0.1) is 0 Å². The van der Waals surface area contributed by atoms with Gasteiger partial charge >= 0.3 is 0 Å². The maximum atomic E-state index is 10.9. The molecule has 0 radical (unpaired) electrons. The first-order valence-corrected chi connectivity index (χ1v) is 7.40. The van der Waals surface area contributed by atoms with Crippen LogP contribution in [-0.2, 0) is 13.2 Å². The highest BCUT2D eigenvalue weighted by Crippen LogP contribution is 2.27. The van der Waals surface area contributed by atoms with Crippen LogP contribution in [0.15, 0.2) is 48.5 Å². The summed E-state index contributed by atoms with van der Waals surface area (Å²) in [6, 6.07) is 15.2. The number of hydrogen-bond donors (Lipinski definition) is 1. The van der Waals surface area contributed by atoms with Crippen molar-refractivity contribution in [2.45, 2.75) is 32.0 Å². The van der Waals surface area contributed by atoms with Crippen molar-refractivity contribution in [1.29, 1.82) is 0 Å². The van der Waals surface area contributed by atoms with Crippen LogP contribution in [-0.4, -0.2) is 11.0 Å². The maximum Gasteiger partial charge on any atom is 0.270 e. The molecule has 0 spiro atoms. The number of nitrogens with one attached hydrogen (secondary N) is 1. The SMILES string of the molecule is O=[N+]([O-])c1ccc(OCc2ccccc2)c(CNC2CC2)c1. The minimum atomic E-state index is -0.373. The molecule has 1 fully saturated rings. The van der Waals surface area contributed by atoms with Gasteiger partial charge in [-0.2, -0.15) is 0 Å². The quantitative estimate of drug-likeness (QED) is 0.628. The summed E-state index contributed by atoms with van der Waals surface area (Å²) in [5, 5.41) is 14.3. The number of nitro benzene ring substituents is 1. The van der Waals surface area contributed by atoms with Crippen LogP contribution in [0.1, 0.15) is 24.0 Å². The third-order valence-electron chi connectivity index (χ3n) is 3.65. The van der Waals surface area contributed by atoms with E-state index in [9.17, 15) is 10.1 Å². The zero-order valence-corrected chi connectivity index (χ0v) is 12.2. The molecule has 0 unspecified atom stereocenters. The molecule has 0 atom stereocenters. The van der Waals surface area contributed by atoms with E-state index < -0.39 is 0 Å². The third-order valence-corrected chi connectivity index (χ3v) is 3.65. The molecule has 5 nitrogen and oxygen atoms in total. The van der Waals surface area contributed by atoms with Crippen LogP contribution >= 0.6 is 0 Å². The molecular weight excluding hydrogens is 280 g/mol. The Balaban J connectivity index is 1.73. The fourth-order valence-corrected chi connectivity index (χ4v) is 2.24.